The lowest BCUT2D eigenvalue weighted by Crippen LogP contribution is -2.54. The second-order valence-electron chi connectivity index (χ2n) is 7.60. The van der Waals surface area contributed by atoms with Crippen molar-refractivity contribution in [1.82, 2.24) is 4.98 Å². The highest BCUT2D eigenvalue weighted by Crippen LogP contribution is 2.43. The molecule has 1 aromatic heterocycles. The fraction of sp³-hybridized carbons (Fsp3) is 0.364. The summed E-state index contributed by atoms with van der Waals surface area (Å²) in [5.41, 5.74) is -1.50. The van der Waals surface area contributed by atoms with Crippen molar-refractivity contribution in [3.8, 4) is 0 Å². The molecule has 162 valence electrons. The summed E-state index contributed by atoms with van der Waals surface area (Å²) in [6.07, 6.45) is -3.39. The number of carbonyl (C=O) groups is 1. The van der Waals surface area contributed by atoms with Crippen LogP contribution in [0.1, 0.15) is 42.4 Å². The highest BCUT2D eigenvalue weighted by atomic mass is 19.3. The van der Waals surface area contributed by atoms with Crippen molar-refractivity contribution in [3.05, 3.63) is 70.6 Å². The number of aliphatic imine (C=N–C) groups is 1. The summed E-state index contributed by atoms with van der Waals surface area (Å²) in [6, 6.07) is 6.50. The van der Waals surface area contributed by atoms with Crippen LogP contribution in [0.2, 0.25) is 0 Å². The Labute approximate surface area is 176 Å². The number of rotatable bonds is 5. The second-order valence-corrected chi connectivity index (χ2v) is 7.60. The number of carbonyl (C=O) groups excluding carboxylic acids is 1. The fourth-order valence-electron chi connectivity index (χ4n) is 3.49. The van der Waals surface area contributed by atoms with Gasteiger partial charge in [-0.25, -0.2) is 27.4 Å². The van der Waals surface area contributed by atoms with Crippen molar-refractivity contribution in [3.63, 3.8) is 0 Å². The van der Waals surface area contributed by atoms with Crippen molar-refractivity contribution in [2.24, 2.45) is 4.99 Å². The maximum atomic E-state index is 15.2. The maximum absolute atomic E-state index is 15.2. The molecule has 31 heavy (non-hydrogen) atoms. The van der Waals surface area contributed by atoms with E-state index in [1.807, 2.05) is 0 Å². The Morgan fingerprint density at radius 1 is 1.32 bits per heavy atom. The van der Waals surface area contributed by atoms with E-state index in [1.54, 1.807) is 0 Å². The molecule has 1 aliphatic heterocycles. The zero-order valence-electron chi connectivity index (χ0n) is 17.0. The van der Waals surface area contributed by atoms with Crippen LogP contribution in [0.3, 0.4) is 0 Å². The molecule has 1 aromatic carbocycles. The number of aromatic nitrogens is 1. The molecule has 0 fully saturated rings. The summed E-state index contributed by atoms with van der Waals surface area (Å²) in [7, 11) is 0. The summed E-state index contributed by atoms with van der Waals surface area (Å²) in [4.78, 5) is 23.6. The molecule has 0 N–H and O–H groups in total. The van der Waals surface area contributed by atoms with Gasteiger partial charge in [-0.05, 0) is 30.7 Å². The van der Waals surface area contributed by atoms with E-state index in [1.165, 1.54) is 44.3 Å². The molecular formula is C22H19F4N3O2. The van der Waals surface area contributed by atoms with Crippen molar-refractivity contribution in [1.29, 1.82) is 0 Å². The van der Waals surface area contributed by atoms with Crippen molar-refractivity contribution < 1.29 is 27.1 Å². The Balaban J connectivity index is 1.95. The molecule has 2 aromatic rings. The molecule has 0 saturated heterocycles. The number of ketones is 1. The summed E-state index contributed by atoms with van der Waals surface area (Å²) < 4.78 is 62.6. The van der Waals surface area contributed by atoms with Gasteiger partial charge >= 0.3 is 0 Å². The molecule has 5 nitrogen and oxygen atoms in total. The van der Waals surface area contributed by atoms with Crippen LogP contribution in [0.25, 0.3) is 4.85 Å². The first-order valence-electron chi connectivity index (χ1n) is 9.36. The Morgan fingerprint density at radius 3 is 2.61 bits per heavy atom. The minimum atomic E-state index is -3.52. The Morgan fingerprint density at radius 2 is 2.03 bits per heavy atom. The van der Waals surface area contributed by atoms with Crippen LogP contribution >= 0.6 is 0 Å². The van der Waals surface area contributed by atoms with Gasteiger partial charge in [-0.15, -0.1) is 0 Å². The highest BCUT2D eigenvalue weighted by molar-refractivity contribution is 5.96. The number of nitrogens with zero attached hydrogens (tertiary/aromatic N) is 3. The maximum Gasteiger partial charge on any atom is 0.284 e. The molecule has 3 rings (SSSR count). The average Bonchev–Trinajstić information content (AvgIpc) is 2.71. The van der Waals surface area contributed by atoms with Gasteiger partial charge in [-0.1, -0.05) is 12.1 Å². The minimum Gasteiger partial charge on any atom is -0.468 e. The highest BCUT2D eigenvalue weighted by Gasteiger charge is 2.55. The number of hydrogen-bond acceptors (Lipinski definition) is 4. The van der Waals surface area contributed by atoms with E-state index >= 15 is 4.39 Å². The van der Waals surface area contributed by atoms with Crippen LogP contribution in [0.15, 0.2) is 41.5 Å². The molecule has 1 aliphatic rings. The molecular weight excluding hydrogens is 414 g/mol. The summed E-state index contributed by atoms with van der Waals surface area (Å²) in [5.74, 6) is -4.95. The van der Waals surface area contributed by atoms with Gasteiger partial charge in [0.1, 0.15) is 17.1 Å². The summed E-state index contributed by atoms with van der Waals surface area (Å²) in [6.45, 7) is 9.96. The van der Waals surface area contributed by atoms with Crippen molar-refractivity contribution in [2.75, 3.05) is 0 Å². The largest absolute Gasteiger partial charge is 0.468 e. The number of halogens is 4. The van der Waals surface area contributed by atoms with Gasteiger partial charge in [0.05, 0.1) is 6.57 Å². The van der Waals surface area contributed by atoms with E-state index in [0.29, 0.717) is 12.5 Å². The predicted molar refractivity (Wildman–Crippen MR) is 106 cm³/mol. The van der Waals surface area contributed by atoms with Gasteiger partial charge in [-0.2, -0.15) is 0 Å². The second kappa shape index (κ2) is 8.10. The van der Waals surface area contributed by atoms with Crippen LogP contribution in [-0.2, 0) is 16.7 Å². The Kier molecular flexibility index (Phi) is 5.85. The van der Waals surface area contributed by atoms with Gasteiger partial charge in [0.25, 0.3) is 5.92 Å². The standard InChI is InChI=1S/C22H19F4N3O2/c1-12-29-21(2,19(24)20(31-12)22(3,25)26)15-9-13(5-7-16(15)23)10-18(30)17-8-6-14(27-4)11-28-17/h5-9,11,19-20H,10H2,1-3H3/t19-,20-,21+/m0/s1. The Bertz CT molecular complexity index is 1070. The third-order valence-electron chi connectivity index (χ3n) is 5.09. The molecule has 2 heterocycles. The van der Waals surface area contributed by atoms with Crippen LogP contribution in [0.4, 0.5) is 23.2 Å². The van der Waals surface area contributed by atoms with Crippen molar-refractivity contribution in [2.45, 2.75) is 50.9 Å². The van der Waals surface area contributed by atoms with E-state index in [-0.39, 0.29) is 29.3 Å². The lowest BCUT2D eigenvalue weighted by molar-refractivity contribution is -0.137. The van der Waals surface area contributed by atoms with Crippen molar-refractivity contribution >= 4 is 17.4 Å². The number of benzene rings is 1. The molecule has 0 radical (unpaired) electrons. The summed E-state index contributed by atoms with van der Waals surface area (Å²) >= 11 is 0. The molecule has 0 bridgehead atoms. The lowest BCUT2D eigenvalue weighted by atomic mass is 9.81. The minimum absolute atomic E-state index is 0.110. The number of Topliss-reactive ketones (excluding diaryl/α,β-unsaturated/α-hetero) is 1. The van der Waals surface area contributed by atoms with Gasteiger partial charge in [0.15, 0.2) is 24.0 Å². The molecule has 0 aliphatic carbocycles. The smallest absolute Gasteiger partial charge is 0.284 e. The van der Waals surface area contributed by atoms with E-state index in [0.717, 1.165) is 6.07 Å². The number of ether oxygens (including phenoxy) is 1. The van der Waals surface area contributed by atoms with E-state index in [2.05, 4.69) is 14.8 Å². The van der Waals surface area contributed by atoms with Crippen LogP contribution in [-0.4, -0.2) is 34.9 Å². The van der Waals surface area contributed by atoms with Crippen LogP contribution in [0, 0.1) is 12.4 Å². The lowest BCUT2D eigenvalue weighted by Gasteiger charge is -2.40. The van der Waals surface area contributed by atoms with Crippen LogP contribution < -0.4 is 0 Å². The average molecular weight is 433 g/mol. The zero-order chi connectivity index (χ0) is 23.0. The Hall–Kier alpha value is -3.28. The fourth-order valence-corrected chi connectivity index (χ4v) is 3.49. The normalized spacial score (nSPS) is 23.5. The van der Waals surface area contributed by atoms with Gasteiger partial charge in [0.2, 0.25) is 5.69 Å². The molecule has 9 heteroatoms. The van der Waals surface area contributed by atoms with E-state index in [4.69, 9.17) is 11.3 Å². The van der Waals surface area contributed by atoms with Gasteiger partial charge in [0, 0.05) is 32.0 Å². The van der Waals surface area contributed by atoms with E-state index < -0.39 is 35.3 Å². The molecule has 0 spiro atoms. The summed E-state index contributed by atoms with van der Waals surface area (Å²) in [5, 5.41) is 0. The molecule has 0 saturated carbocycles. The first-order valence-corrected chi connectivity index (χ1v) is 9.36. The van der Waals surface area contributed by atoms with Crippen LogP contribution in [0.5, 0.6) is 0 Å². The number of alkyl halides is 3. The van der Waals surface area contributed by atoms with Gasteiger partial charge < -0.3 is 4.74 Å². The third kappa shape index (κ3) is 4.43. The van der Waals surface area contributed by atoms with E-state index in [9.17, 15) is 18.0 Å². The molecule has 0 unspecified atom stereocenters. The SMILES string of the molecule is [C-]#[N+]c1ccc(C(=O)Cc2ccc(F)c([C@@]3(C)N=C(C)O[C@H](C(C)(F)F)[C@@H]3F)c2)nc1. The van der Waals surface area contributed by atoms with Gasteiger partial charge in [-0.3, -0.25) is 9.78 Å². The first-order chi connectivity index (χ1) is 14.5. The quantitative estimate of drug-likeness (QED) is 0.369. The molecule has 0 amide bonds. The predicted octanol–water partition coefficient (Wildman–Crippen LogP) is 5.22. The number of hydrogen-bond donors (Lipinski definition) is 0. The third-order valence-corrected chi connectivity index (χ3v) is 5.09. The topological polar surface area (TPSA) is 55.9 Å². The monoisotopic (exact) mass is 433 g/mol. The number of pyridine rings is 1. The zero-order valence-corrected chi connectivity index (χ0v) is 17.0. The molecule has 3 atom stereocenters. The first kappa shape index (κ1) is 22.4.